The molecule has 0 saturated carbocycles. The number of nitrogens with one attached hydrogen (secondary N) is 1. The van der Waals surface area contributed by atoms with Gasteiger partial charge in [-0.05, 0) is 37.8 Å². The maximum atomic E-state index is 12.2. The molecule has 0 fully saturated rings. The zero-order valence-electron chi connectivity index (χ0n) is 12.9. The zero-order chi connectivity index (χ0) is 16.1. The fourth-order valence-corrected chi connectivity index (χ4v) is 3.09. The van der Waals surface area contributed by atoms with Gasteiger partial charge < -0.3 is 15.6 Å². The van der Waals surface area contributed by atoms with E-state index in [2.05, 4.69) is 21.3 Å². The van der Waals surface area contributed by atoms with Gasteiger partial charge in [0.1, 0.15) is 0 Å². The van der Waals surface area contributed by atoms with Crippen molar-refractivity contribution in [1.29, 1.82) is 0 Å². The molecule has 0 aromatic carbocycles. The first kappa shape index (κ1) is 16.3. The Morgan fingerprint density at radius 3 is 2.77 bits per heavy atom. The molecule has 0 aliphatic carbocycles. The highest BCUT2D eigenvalue weighted by molar-refractivity contribution is 7.09. The van der Waals surface area contributed by atoms with Gasteiger partial charge in [-0.15, -0.1) is 11.3 Å². The minimum absolute atomic E-state index is 0.102. The van der Waals surface area contributed by atoms with Gasteiger partial charge in [0.15, 0.2) is 0 Å². The lowest BCUT2D eigenvalue weighted by Crippen LogP contribution is -2.26. The van der Waals surface area contributed by atoms with Crippen molar-refractivity contribution >= 4 is 23.2 Å². The summed E-state index contributed by atoms with van der Waals surface area (Å²) in [5.41, 5.74) is 7.79. The fourth-order valence-electron chi connectivity index (χ4n) is 2.39. The maximum Gasteiger partial charge on any atom is 0.253 e. The summed E-state index contributed by atoms with van der Waals surface area (Å²) in [5.74, 6) is -0.446. The predicted octanol–water partition coefficient (Wildman–Crippen LogP) is 2.21. The average molecular weight is 319 g/mol. The molecule has 2 heterocycles. The molecule has 6 heteroatoms. The molecule has 3 N–H and O–H groups in total. The van der Waals surface area contributed by atoms with E-state index in [0.717, 1.165) is 17.9 Å². The van der Waals surface area contributed by atoms with Crippen LogP contribution in [-0.4, -0.2) is 22.9 Å². The summed E-state index contributed by atoms with van der Waals surface area (Å²) in [6.07, 6.45) is 0.854. The second kappa shape index (κ2) is 7.26. The number of primary amides is 1. The van der Waals surface area contributed by atoms with E-state index >= 15 is 0 Å². The first-order valence-corrected chi connectivity index (χ1v) is 8.12. The molecule has 0 spiro atoms. The number of hydrogen-bond acceptors (Lipinski definition) is 3. The van der Waals surface area contributed by atoms with Crippen LogP contribution in [-0.2, 0) is 11.3 Å². The molecule has 2 aromatic heterocycles. The van der Waals surface area contributed by atoms with Crippen LogP contribution in [0.25, 0.3) is 0 Å². The Bertz CT molecular complexity index is 659. The molecule has 2 amide bonds. The SMILES string of the molecule is Cc1cc(C(=O)NCCCC(N)=O)c(C)n1Cc1cccs1. The number of hydrogen-bond donors (Lipinski definition) is 2. The Balaban J connectivity index is 2.02. The van der Waals surface area contributed by atoms with E-state index < -0.39 is 0 Å². The monoisotopic (exact) mass is 319 g/mol. The molecule has 5 nitrogen and oxygen atoms in total. The highest BCUT2D eigenvalue weighted by atomic mass is 32.1. The van der Waals surface area contributed by atoms with Crippen LogP contribution in [0.3, 0.4) is 0 Å². The van der Waals surface area contributed by atoms with E-state index in [-0.39, 0.29) is 18.2 Å². The number of aromatic nitrogens is 1. The number of thiophene rings is 1. The van der Waals surface area contributed by atoms with E-state index in [4.69, 9.17) is 5.73 Å². The lowest BCUT2D eigenvalue weighted by atomic mass is 10.2. The number of nitrogens with two attached hydrogens (primary N) is 1. The Morgan fingerprint density at radius 1 is 1.36 bits per heavy atom. The van der Waals surface area contributed by atoms with Crippen molar-refractivity contribution in [1.82, 2.24) is 9.88 Å². The zero-order valence-corrected chi connectivity index (χ0v) is 13.7. The molecule has 0 radical (unpaired) electrons. The first-order chi connectivity index (χ1) is 10.5. The number of rotatable bonds is 7. The van der Waals surface area contributed by atoms with Crippen LogP contribution in [0.2, 0.25) is 0 Å². The molecule has 0 aliphatic rings. The van der Waals surface area contributed by atoms with Crippen molar-refractivity contribution in [2.24, 2.45) is 5.73 Å². The third-order valence-corrected chi connectivity index (χ3v) is 4.46. The van der Waals surface area contributed by atoms with Gasteiger partial charge in [0.25, 0.3) is 5.91 Å². The minimum atomic E-state index is -0.344. The van der Waals surface area contributed by atoms with E-state index in [1.807, 2.05) is 26.0 Å². The van der Waals surface area contributed by atoms with Gasteiger partial charge in [-0.1, -0.05) is 6.07 Å². The maximum absolute atomic E-state index is 12.2. The fraction of sp³-hybridized carbons (Fsp3) is 0.375. The summed E-state index contributed by atoms with van der Waals surface area (Å²) < 4.78 is 2.14. The van der Waals surface area contributed by atoms with Gasteiger partial charge in [0.2, 0.25) is 5.91 Å². The predicted molar refractivity (Wildman–Crippen MR) is 88.1 cm³/mol. The molecule has 0 aliphatic heterocycles. The third-order valence-electron chi connectivity index (χ3n) is 3.60. The molecule has 2 aromatic rings. The van der Waals surface area contributed by atoms with Gasteiger partial charge in [-0.2, -0.15) is 0 Å². The quantitative estimate of drug-likeness (QED) is 0.768. The topological polar surface area (TPSA) is 77.1 Å². The lowest BCUT2D eigenvalue weighted by Gasteiger charge is -2.09. The number of carbonyl (C=O) groups is 2. The summed E-state index contributed by atoms with van der Waals surface area (Å²) in [5, 5.41) is 4.89. The van der Waals surface area contributed by atoms with Crippen molar-refractivity contribution in [3.8, 4) is 0 Å². The van der Waals surface area contributed by atoms with E-state index in [9.17, 15) is 9.59 Å². The smallest absolute Gasteiger partial charge is 0.253 e. The van der Waals surface area contributed by atoms with Crippen molar-refractivity contribution in [2.45, 2.75) is 33.2 Å². The Labute approximate surface area is 134 Å². The second-order valence-corrected chi connectivity index (χ2v) is 6.31. The highest BCUT2D eigenvalue weighted by Crippen LogP contribution is 2.19. The Kier molecular flexibility index (Phi) is 5.38. The highest BCUT2D eigenvalue weighted by Gasteiger charge is 2.15. The van der Waals surface area contributed by atoms with Crippen molar-refractivity contribution < 1.29 is 9.59 Å². The van der Waals surface area contributed by atoms with Crippen LogP contribution in [0.4, 0.5) is 0 Å². The molecule has 0 bridgehead atoms. The van der Waals surface area contributed by atoms with Crippen molar-refractivity contribution in [2.75, 3.05) is 6.54 Å². The second-order valence-electron chi connectivity index (χ2n) is 5.28. The lowest BCUT2D eigenvalue weighted by molar-refractivity contribution is -0.118. The summed E-state index contributed by atoms with van der Waals surface area (Å²) in [6.45, 7) is 5.20. The summed E-state index contributed by atoms with van der Waals surface area (Å²) in [4.78, 5) is 24.2. The molecule has 0 saturated heterocycles. The average Bonchev–Trinajstić information content (AvgIpc) is 3.07. The molecule has 2 rings (SSSR count). The largest absolute Gasteiger partial charge is 0.370 e. The van der Waals surface area contributed by atoms with Crippen LogP contribution < -0.4 is 11.1 Å². The third kappa shape index (κ3) is 3.98. The van der Waals surface area contributed by atoms with Crippen LogP contribution >= 0.6 is 11.3 Å². The summed E-state index contributed by atoms with van der Waals surface area (Å²) in [7, 11) is 0. The van der Waals surface area contributed by atoms with Gasteiger partial charge in [0.05, 0.1) is 12.1 Å². The molecular formula is C16H21N3O2S. The van der Waals surface area contributed by atoms with Gasteiger partial charge in [0, 0.05) is 29.2 Å². The Morgan fingerprint density at radius 2 is 2.14 bits per heavy atom. The normalized spacial score (nSPS) is 10.6. The number of amides is 2. The van der Waals surface area contributed by atoms with Crippen LogP contribution in [0.15, 0.2) is 23.6 Å². The van der Waals surface area contributed by atoms with Crippen molar-refractivity contribution in [3.63, 3.8) is 0 Å². The number of aryl methyl sites for hydroxylation is 1. The van der Waals surface area contributed by atoms with E-state index in [1.165, 1.54) is 4.88 Å². The van der Waals surface area contributed by atoms with Crippen molar-refractivity contribution in [3.05, 3.63) is 45.4 Å². The number of nitrogens with zero attached hydrogens (tertiary/aromatic N) is 1. The van der Waals surface area contributed by atoms with Gasteiger partial charge in [-0.25, -0.2) is 0 Å². The minimum Gasteiger partial charge on any atom is -0.370 e. The first-order valence-electron chi connectivity index (χ1n) is 7.24. The Hall–Kier alpha value is -2.08. The van der Waals surface area contributed by atoms with Gasteiger partial charge in [-0.3, -0.25) is 9.59 Å². The number of carbonyl (C=O) groups excluding carboxylic acids is 2. The molecule has 0 unspecified atom stereocenters. The molecule has 22 heavy (non-hydrogen) atoms. The molecular weight excluding hydrogens is 298 g/mol. The standard InChI is InChI=1S/C16H21N3O2S/c1-11-9-14(16(21)18-7-3-6-15(17)20)12(2)19(11)10-13-5-4-8-22-13/h4-5,8-9H,3,6-7,10H2,1-2H3,(H2,17,20)(H,18,21). The van der Waals surface area contributed by atoms with Crippen LogP contribution in [0, 0.1) is 13.8 Å². The molecule has 0 atom stereocenters. The van der Waals surface area contributed by atoms with Crippen LogP contribution in [0.1, 0.15) is 39.5 Å². The molecule has 118 valence electrons. The summed E-state index contributed by atoms with van der Waals surface area (Å²) in [6, 6.07) is 6.03. The summed E-state index contributed by atoms with van der Waals surface area (Å²) >= 11 is 1.71. The van der Waals surface area contributed by atoms with E-state index in [0.29, 0.717) is 18.5 Å². The van der Waals surface area contributed by atoms with Gasteiger partial charge >= 0.3 is 0 Å². The van der Waals surface area contributed by atoms with E-state index in [1.54, 1.807) is 11.3 Å². The van der Waals surface area contributed by atoms with Crippen LogP contribution in [0.5, 0.6) is 0 Å².